The third kappa shape index (κ3) is 5.71. The number of furan rings is 1. The van der Waals surface area contributed by atoms with Crippen LogP contribution < -0.4 is 15.6 Å². The number of rotatable bonds is 7. The van der Waals surface area contributed by atoms with E-state index in [4.69, 9.17) is 14.1 Å². The second-order valence-electron chi connectivity index (χ2n) is 10.2. The number of aromatic nitrogens is 2. The van der Waals surface area contributed by atoms with Gasteiger partial charge in [0, 0.05) is 21.1 Å². The Hall–Kier alpha value is -5.61. The first-order valence-corrected chi connectivity index (χ1v) is 14.7. The fourth-order valence-electron chi connectivity index (χ4n) is 5.07. The summed E-state index contributed by atoms with van der Waals surface area (Å²) in [6.07, 6.45) is 1.52. The monoisotopic (exact) mass is 660 g/mol. The number of hydrogen-bond donors (Lipinski definition) is 1. The maximum Gasteiger partial charge on any atom is 0.282 e. The van der Waals surface area contributed by atoms with Crippen LogP contribution in [0.4, 0.5) is 10.1 Å². The summed E-state index contributed by atoms with van der Waals surface area (Å²) in [7, 11) is 0. The van der Waals surface area contributed by atoms with Crippen LogP contribution in [0, 0.1) is 5.82 Å². The van der Waals surface area contributed by atoms with E-state index in [0.717, 1.165) is 20.6 Å². The molecule has 7 rings (SSSR count). The first-order chi connectivity index (χ1) is 21.9. The molecule has 0 aliphatic carbocycles. The highest BCUT2D eigenvalue weighted by Gasteiger charge is 2.17. The number of para-hydroxylation sites is 1. The molecule has 0 radical (unpaired) electrons. The van der Waals surface area contributed by atoms with E-state index in [0.29, 0.717) is 39.2 Å². The number of hydrogen-bond acceptors (Lipinski definition) is 6. The fourth-order valence-corrected chi connectivity index (χ4v) is 5.45. The van der Waals surface area contributed by atoms with Gasteiger partial charge >= 0.3 is 0 Å². The molecule has 2 aromatic heterocycles. The summed E-state index contributed by atoms with van der Waals surface area (Å²) < 4.78 is 27.7. The molecule has 45 heavy (non-hydrogen) atoms. The van der Waals surface area contributed by atoms with E-state index < -0.39 is 11.7 Å². The van der Waals surface area contributed by atoms with Gasteiger partial charge in [-0.15, -0.1) is 0 Å². The Balaban J connectivity index is 1.31. The van der Waals surface area contributed by atoms with Gasteiger partial charge in [0.15, 0.2) is 12.4 Å². The zero-order chi connectivity index (χ0) is 30.9. The van der Waals surface area contributed by atoms with Gasteiger partial charge in [0.1, 0.15) is 17.1 Å². The Labute approximate surface area is 263 Å². The number of fused-ring (bicyclic) bond motifs is 3. The second kappa shape index (κ2) is 11.8. The van der Waals surface area contributed by atoms with Gasteiger partial charge in [-0.05, 0) is 71.4 Å². The van der Waals surface area contributed by atoms with Crippen LogP contribution in [0.15, 0.2) is 128 Å². The van der Waals surface area contributed by atoms with E-state index in [1.807, 2.05) is 60.7 Å². The Kier molecular flexibility index (Phi) is 7.40. The highest BCUT2D eigenvalue weighted by atomic mass is 79.9. The number of amides is 1. The van der Waals surface area contributed by atoms with E-state index in [-0.39, 0.29) is 18.0 Å². The number of anilines is 1. The quantitative estimate of drug-likeness (QED) is 0.176. The molecular formula is C35H22BrFN4O4. The number of nitrogens with zero attached hydrogens (tertiary/aromatic N) is 3. The molecule has 0 spiro atoms. The molecule has 220 valence electrons. The average molecular weight is 661 g/mol. The van der Waals surface area contributed by atoms with Gasteiger partial charge in [-0.1, -0.05) is 64.5 Å². The van der Waals surface area contributed by atoms with Gasteiger partial charge < -0.3 is 14.5 Å². The van der Waals surface area contributed by atoms with Crippen molar-refractivity contribution in [2.45, 2.75) is 0 Å². The number of carbonyl (C=O) groups is 1. The smallest absolute Gasteiger partial charge is 0.282 e. The third-order valence-electron chi connectivity index (χ3n) is 7.15. The number of carbonyl (C=O) groups excluding carboxylic acids is 1. The fraction of sp³-hybridized carbons (Fsp3) is 0.0286. The van der Waals surface area contributed by atoms with Crippen molar-refractivity contribution >= 4 is 66.4 Å². The number of halogens is 2. The summed E-state index contributed by atoms with van der Waals surface area (Å²) in [4.78, 5) is 31.2. The predicted molar refractivity (Wildman–Crippen MR) is 176 cm³/mol. The van der Waals surface area contributed by atoms with Gasteiger partial charge in [-0.2, -0.15) is 9.78 Å². The molecule has 10 heteroatoms. The summed E-state index contributed by atoms with van der Waals surface area (Å²) in [5.41, 5.74) is 1.62. The van der Waals surface area contributed by atoms with Gasteiger partial charge in [0.25, 0.3) is 11.5 Å². The lowest BCUT2D eigenvalue weighted by atomic mass is 10.0. The Morgan fingerprint density at radius 3 is 2.62 bits per heavy atom. The highest BCUT2D eigenvalue weighted by molar-refractivity contribution is 9.10. The van der Waals surface area contributed by atoms with Gasteiger partial charge in [-0.3, -0.25) is 9.59 Å². The molecule has 0 unspecified atom stereocenters. The predicted octanol–water partition coefficient (Wildman–Crippen LogP) is 7.76. The lowest BCUT2D eigenvalue weighted by Crippen LogP contribution is -2.21. The minimum Gasteiger partial charge on any atom is -0.483 e. The Morgan fingerprint density at radius 1 is 0.933 bits per heavy atom. The van der Waals surface area contributed by atoms with Crippen molar-refractivity contribution in [3.63, 3.8) is 0 Å². The SMILES string of the molecule is O=C(COc1ccc2ccccc2c1C=Nn1c(-c2cc3cc(Br)ccc3o2)nc2ccccc2c1=O)Nc1cccc(F)c1. The summed E-state index contributed by atoms with van der Waals surface area (Å²) in [5, 5.41) is 10.2. The third-order valence-corrected chi connectivity index (χ3v) is 7.65. The van der Waals surface area contributed by atoms with Crippen LogP contribution in [-0.2, 0) is 4.79 Å². The molecule has 8 nitrogen and oxygen atoms in total. The first kappa shape index (κ1) is 28.2. The lowest BCUT2D eigenvalue weighted by Gasteiger charge is -2.12. The molecule has 7 aromatic rings. The van der Waals surface area contributed by atoms with Crippen molar-refractivity contribution in [1.82, 2.24) is 9.66 Å². The molecule has 0 aliphatic rings. The van der Waals surface area contributed by atoms with E-state index in [1.165, 1.54) is 29.1 Å². The summed E-state index contributed by atoms with van der Waals surface area (Å²) in [6, 6.07) is 31.3. The number of benzene rings is 5. The van der Waals surface area contributed by atoms with Crippen LogP contribution >= 0.6 is 15.9 Å². The second-order valence-corrected chi connectivity index (χ2v) is 11.1. The zero-order valence-electron chi connectivity index (χ0n) is 23.4. The maximum absolute atomic E-state index is 13.8. The molecule has 0 saturated carbocycles. The molecule has 2 heterocycles. The van der Waals surface area contributed by atoms with Crippen molar-refractivity contribution in [1.29, 1.82) is 0 Å². The minimum atomic E-state index is -0.467. The van der Waals surface area contributed by atoms with Crippen LogP contribution in [0.3, 0.4) is 0 Å². The van der Waals surface area contributed by atoms with Crippen LogP contribution in [0.2, 0.25) is 0 Å². The summed E-state index contributed by atoms with van der Waals surface area (Å²) >= 11 is 3.49. The van der Waals surface area contributed by atoms with Gasteiger partial charge in [0.2, 0.25) is 5.82 Å². The van der Waals surface area contributed by atoms with Gasteiger partial charge in [-0.25, -0.2) is 9.37 Å². The van der Waals surface area contributed by atoms with E-state index in [1.54, 1.807) is 30.3 Å². The molecule has 0 atom stereocenters. The van der Waals surface area contributed by atoms with Crippen LogP contribution in [0.5, 0.6) is 5.75 Å². The first-order valence-electron chi connectivity index (χ1n) is 13.9. The average Bonchev–Trinajstić information content (AvgIpc) is 3.46. The van der Waals surface area contributed by atoms with Crippen LogP contribution in [0.25, 0.3) is 44.2 Å². The molecule has 0 saturated heterocycles. The van der Waals surface area contributed by atoms with Crippen molar-refractivity contribution in [3.05, 3.63) is 135 Å². The van der Waals surface area contributed by atoms with Crippen LogP contribution in [0.1, 0.15) is 5.56 Å². The molecule has 1 amide bonds. The summed E-state index contributed by atoms with van der Waals surface area (Å²) in [6.45, 7) is -0.340. The number of ether oxygens (including phenoxy) is 1. The Morgan fingerprint density at radius 2 is 1.76 bits per heavy atom. The van der Waals surface area contributed by atoms with Crippen LogP contribution in [-0.4, -0.2) is 28.4 Å². The van der Waals surface area contributed by atoms with E-state index in [2.05, 4.69) is 26.3 Å². The molecule has 0 aliphatic heterocycles. The standard InChI is InChI=1S/C35H22BrFN4O4/c36-23-13-15-30-22(16-23)17-32(45-30)34-40-29-11-4-3-10-27(29)35(43)41(34)38-19-28-26-9-2-1-6-21(26)12-14-31(28)44-20-33(42)39-25-8-5-7-24(37)18-25/h1-19H,20H2,(H,39,42). The molecule has 5 aromatic carbocycles. The molecule has 1 N–H and O–H groups in total. The largest absolute Gasteiger partial charge is 0.483 e. The zero-order valence-corrected chi connectivity index (χ0v) is 25.0. The topological polar surface area (TPSA) is 98.7 Å². The van der Waals surface area contributed by atoms with Crippen molar-refractivity contribution in [2.24, 2.45) is 5.10 Å². The van der Waals surface area contributed by atoms with E-state index in [9.17, 15) is 14.0 Å². The maximum atomic E-state index is 13.8. The van der Waals surface area contributed by atoms with Crippen molar-refractivity contribution in [3.8, 4) is 17.3 Å². The normalized spacial score (nSPS) is 11.5. The van der Waals surface area contributed by atoms with E-state index >= 15 is 0 Å². The van der Waals surface area contributed by atoms with Crippen molar-refractivity contribution < 1.29 is 18.3 Å². The lowest BCUT2D eigenvalue weighted by molar-refractivity contribution is -0.118. The highest BCUT2D eigenvalue weighted by Crippen LogP contribution is 2.30. The summed E-state index contributed by atoms with van der Waals surface area (Å²) in [5.74, 6) is 0.0233. The molecule has 0 fully saturated rings. The Bertz CT molecular complexity index is 2350. The number of nitrogens with one attached hydrogen (secondary N) is 1. The molecular weight excluding hydrogens is 639 g/mol. The minimum absolute atomic E-state index is 0.222. The molecule has 0 bridgehead atoms. The van der Waals surface area contributed by atoms with Crippen molar-refractivity contribution in [2.75, 3.05) is 11.9 Å². The van der Waals surface area contributed by atoms with Gasteiger partial charge in [0.05, 0.1) is 17.1 Å².